The van der Waals surface area contributed by atoms with E-state index in [1.807, 2.05) is 6.07 Å². The topological polar surface area (TPSA) is 62.2 Å². The predicted molar refractivity (Wildman–Crippen MR) is 95.5 cm³/mol. The van der Waals surface area contributed by atoms with E-state index in [1.54, 1.807) is 0 Å². The standard InChI is InChI=1S/C18H26N2O4S/c21-17(22)15-13-14-1-10-24-18(16(14)25-15)2-4-19(5-3-18)6-7-20-8-11-23-12-9-20/h13H,1-12H2,(H,21,22). The van der Waals surface area contributed by atoms with Gasteiger partial charge >= 0.3 is 5.97 Å². The average Bonchev–Trinajstić information content (AvgIpc) is 3.09. The van der Waals surface area contributed by atoms with Gasteiger partial charge in [-0.3, -0.25) is 4.90 Å². The van der Waals surface area contributed by atoms with E-state index in [-0.39, 0.29) is 5.60 Å². The van der Waals surface area contributed by atoms with Crippen LogP contribution >= 0.6 is 11.3 Å². The van der Waals surface area contributed by atoms with Crippen LogP contribution in [0.1, 0.15) is 33.0 Å². The molecule has 0 bridgehead atoms. The maximum atomic E-state index is 11.3. The molecular formula is C18H26N2O4S. The van der Waals surface area contributed by atoms with E-state index >= 15 is 0 Å². The molecular weight excluding hydrogens is 340 g/mol. The SMILES string of the molecule is O=C(O)c1cc2c(s1)C1(CCN(CCN3CCOCC3)CC1)OCC2. The van der Waals surface area contributed by atoms with Crippen molar-refractivity contribution in [3.63, 3.8) is 0 Å². The van der Waals surface area contributed by atoms with Gasteiger partial charge in [-0.2, -0.15) is 0 Å². The zero-order chi connectivity index (χ0) is 17.3. The molecule has 1 N–H and O–H groups in total. The number of nitrogens with zero attached hydrogens (tertiary/aromatic N) is 2. The zero-order valence-corrected chi connectivity index (χ0v) is 15.4. The van der Waals surface area contributed by atoms with E-state index in [0.29, 0.717) is 11.5 Å². The number of hydrogen-bond donors (Lipinski definition) is 1. The van der Waals surface area contributed by atoms with Crippen LogP contribution in [0, 0.1) is 0 Å². The fourth-order valence-corrected chi connectivity index (χ4v) is 5.39. The highest BCUT2D eigenvalue weighted by Crippen LogP contribution is 2.45. The number of carboxylic acid groups (broad SMARTS) is 1. The lowest BCUT2D eigenvalue weighted by Gasteiger charge is -2.44. The first-order valence-electron chi connectivity index (χ1n) is 9.19. The summed E-state index contributed by atoms with van der Waals surface area (Å²) < 4.78 is 11.6. The summed E-state index contributed by atoms with van der Waals surface area (Å²) in [5.74, 6) is -0.822. The van der Waals surface area contributed by atoms with Gasteiger partial charge in [-0.05, 0) is 30.9 Å². The summed E-state index contributed by atoms with van der Waals surface area (Å²) in [6.45, 7) is 8.71. The number of ether oxygens (including phenoxy) is 2. The van der Waals surface area contributed by atoms with E-state index in [4.69, 9.17) is 9.47 Å². The number of fused-ring (bicyclic) bond motifs is 2. The van der Waals surface area contributed by atoms with Crippen molar-refractivity contribution in [3.8, 4) is 0 Å². The molecule has 6 nitrogen and oxygen atoms in total. The van der Waals surface area contributed by atoms with Gasteiger partial charge in [0.25, 0.3) is 0 Å². The molecule has 2 fully saturated rings. The third-order valence-electron chi connectivity index (χ3n) is 5.68. The Balaban J connectivity index is 1.37. The first kappa shape index (κ1) is 17.4. The highest BCUT2D eigenvalue weighted by Gasteiger charge is 2.42. The molecule has 1 spiro atoms. The maximum absolute atomic E-state index is 11.3. The quantitative estimate of drug-likeness (QED) is 0.874. The second-order valence-corrected chi connectivity index (χ2v) is 8.21. The van der Waals surface area contributed by atoms with Crippen LogP contribution in [0.2, 0.25) is 0 Å². The Morgan fingerprint density at radius 3 is 2.48 bits per heavy atom. The van der Waals surface area contributed by atoms with Crippen molar-refractivity contribution in [1.29, 1.82) is 0 Å². The Morgan fingerprint density at radius 2 is 1.80 bits per heavy atom. The lowest BCUT2D eigenvalue weighted by atomic mass is 9.85. The zero-order valence-electron chi connectivity index (χ0n) is 14.5. The molecule has 1 aromatic heterocycles. The van der Waals surface area contributed by atoms with E-state index in [1.165, 1.54) is 21.8 Å². The lowest BCUT2D eigenvalue weighted by Crippen LogP contribution is -2.48. The normalized spacial score (nSPS) is 24.3. The van der Waals surface area contributed by atoms with Crippen LogP contribution < -0.4 is 0 Å². The smallest absolute Gasteiger partial charge is 0.345 e. The number of carboxylic acids is 1. The van der Waals surface area contributed by atoms with Gasteiger partial charge in [-0.1, -0.05) is 0 Å². The Bertz CT molecular complexity index is 619. The second kappa shape index (κ2) is 7.32. The van der Waals surface area contributed by atoms with Crippen molar-refractivity contribution in [1.82, 2.24) is 9.80 Å². The molecule has 3 aliphatic rings. The number of morpholine rings is 1. The predicted octanol–water partition coefficient (Wildman–Crippen LogP) is 1.64. The summed E-state index contributed by atoms with van der Waals surface area (Å²) >= 11 is 1.42. The molecule has 0 radical (unpaired) electrons. The summed E-state index contributed by atoms with van der Waals surface area (Å²) in [7, 11) is 0. The van der Waals surface area contributed by atoms with Gasteiger partial charge in [0.1, 0.15) is 10.5 Å². The summed E-state index contributed by atoms with van der Waals surface area (Å²) in [6.07, 6.45) is 2.76. The molecule has 1 aromatic rings. The molecule has 4 heterocycles. The number of piperidine rings is 1. The first-order chi connectivity index (χ1) is 12.2. The maximum Gasteiger partial charge on any atom is 0.345 e. The Kier molecular flexibility index (Phi) is 5.11. The molecule has 3 aliphatic heterocycles. The molecule has 0 aromatic carbocycles. The fraction of sp³-hybridized carbons (Fsp3) is 0.722. The van der Waals surface area contributed by atoms with Crippen molar-refractivity contribution >= 4 is 17.3 Å². The summed E-state index contributed by atoms with van der Waals surface area (Å²) in [5.41, 5.74) is 0.942. The molecule has 2 saturated heterocycles. The van der Waals surface area contributed by atoms with Crippen molar-refractivity contribution in [3.05, 3.63) is 21.4 Å². The van der Waals surface area contributed by atoms with Crippen LogP contribution in [0.25, 0.3) is 0 Å². The van der Waals surface area contributed by atoms with E-state index < -0.39 is 5.97 Å². The monoisotopic (exact) mass is 366 g/mol. The van der Waals surface area contributed by atoms with Crippen LogP contribution in [0.5, 0.6) is 0 Å². The average molecular weight is 366 g/mol. The molecule has 0 saturated carbocycles. The second-order valence-electron chi connectivity index (χ2n) is 7.16. The van der Waals surface area contributed by atoms with Crippen LogP contribution in [-0.2, 0) is 21.5 Å². The van der Waals surface area contributed by atoms with E-state index in [0.717, 1.165) is 71.7 Å². The van der Waals surface area contributed by atoms with Gasteiger partial charge in [-0.25, -0.2) is 4.79 Å². The van der Waals surface area contributed by atoms with Crippen molar-refractivity contribution in [2.24, 2.45) is 0 Å². The highest BCUT2D eigenvalue weighted by atomic mass is 32.1. The van der Waals surface area contributed by atoms with Crippen molar-refractivity contribution in [2.75, 3.05) is 59.1 Å². The van der Waals surface area contributed by atoms with Crippen LogP contribution in [0.3, 0.4) is 0 Å². The van der Waals surface area contributed by atoms with E-state index in [9.17, 15) is 9.90 Å². The third kappa shape index (κ3) is 3.61. The molecule has 7 heteroatoms. The summed E-state index contributed by atoms with van der Waals surface area (Å²) in [5, 5.41) is 9.30. The molecule has 25 heavy (non-hydrogen) atoms. The summed E-state index contributed by atoms with van der Waals surface area (Å²) in [4.78, 5) is 17.9. The van der Waals surface area contributed by atoms with Gasteiger partial charge in [0.2, 0.25) is 0 Å². The van der Waals surface area contributed by atoms with Crippen LogP contribution in [0.15, 0.2) is 6.07 Å². The third-order valence-corrected chi connectivity index (χ3v) is 7.03. The van der Waals surface area contributed by atoms with Crippen LogP contribution in [-0.4, -0.2) is 80.0 Å². The van der Waals surface area contributed by atoms with Crippen molar-refractivity contribution < 1.29 is 19.4 Å². The van der Waals surface area contributed by atoms with E-state index in [2.05, 4.69) is 9.80 Å². The van der Waals surface area contributed by atoms with Crippen molar-refractivity contribution in [2.45, 2.75) is 24.9 Å². The van der Waals surface area contributed by atoms with Crippen LogP contribution in [0.4, 0.5) is 0 Å². The molecule has 0 unspecified atom stereocenters. The minimum Gasteiger partial charge on any atom is -0.477 e. The van der Waals surface area contributed by atoms with Gasteiger partial charge < -0.3 is 19.5 Å². The van der Waals surface area contributed by atoms with Gasteiger partial charge in [0.05, 0.1) is 19.8 Å². The first-order valence-corrected chi connectivity index (χ1v) is 10.0. The van der Waals surface area contributed by atoms with Gasteiger partial charge in [-0.15, -0.1) is 11.3 Å². The number of thiophene rings is 1. The van der Waals surface area contributed by atoms with Gasteiger partial charge in [0, 0.05) is 44.1 Å². The number of rotatable bonds is 4. The lowest BCUT2D eigenvalue weighted by molar-refractivity contribution is -0.0959. The molecule has 4 rings (SSSR count). The van der Waals surface area contributed by atoms with Gasteiger partial charge in [0.15, 0.2) is 0 Å². The Labute approximate surface area is 152 Å². The number of carbonyl (C=O) groups is 1. The summed E-state index contributed by atoms with van der Waals surface area (Å²) in [6, 6.07) is 1.86. The minimum atomic E-state index is -0.822. The highest BCUT2D eigenvalue weighted by molar-refractivity contribution is 7.14. The number of hydrogen-bond acceptors (Lipinski definition) is 6. The molecule has 0 atom stereocenters. The largest absolute Gasteiger partial charge is 0.477 e. The number of aromatic carboxylic acids is 1. The molecule has 0 amide bonds. The fourth-order valence-electron chi connectivity index (χ4n) is 4.14. The minimum absolute atomic E-state index is 0.249. The number of likely N-dealkylation sites (tertiary alicyclic amines) is 1. The molecule has 0 aliphatic carbocycles. The Morgan fingerprint density at radius 1 is 1.12 bits per heavy atom. The Hall–Kier alpha value is -0.990. The molecule has 138 valence electrons.